The molecule has 0 bridgehead atoms. The first-order chi connectivity index (χ1) is 13.9. The Labute approximate surface area is 166 Å². The summed E-state index contributed by atoms with van der Waals surface area (Å²) < 4.78 is 41.7. The minimum atomic E-state index is -4.06. The zero-order chi connectivity index (χ0) is 20.6. The fraction of sp³-hybridized carbons (Fsp3) is 0.105. The number of sulfonamides is 1. The van der Waals surface area contributed by atoms with Gasteiger partial charge in [0.05, 0.1) is 11.9 Å². The Kier molecular flexibility index (Phi) is 4.63. The van der Waals surface area contributed by atoms with E-state index in [1.54, 1.807) is 36.5 Å². The van der Waals surface area contributed by atoms with Crippen LogP contribution in [-0.2, 0) is 16.4 Å². The molecule has 2 aromatic heterocycles. The second kappa shape index (κ2) is 7.13. The number of H-pyrrole nitrogens is 1. The normalized spacial score (nSPS) is 11.7. The van der Waals surface area contributed by atoms with Crippen molar-refractivity contribution >= 4 is 32.7 Å². The van der Waals surface area contributed by atoms with Crippen molar-refractivity contribution in [2.75, 3.05) is 10.5 Å². The lowest BCUT2D eigenvalue weighted by Crippen LogP contribution is -2.15. The number of nitrogens with two attached hydrogens (primary N) is 1. The van der Waals surface area contributed by atoms with E-state index in [1.807, 2.05) is 6.92 Å². The summed E-state index contributed by atoms with van der Waals surface area (Å²) in [6, 6.07) is 10.6. The summed E-state index contributed by atoms with van der Waals surface area (Å²) in [5, 5.41) is 6.59. The molecule has 0 spiro atoms. The second-order valence-corrected chi connectivity index (χ2v) is 8.02. The summed E-state index contributed by atoms with van der Waals surface area (Å²) in [4.78, 5) is 8.22. The highest BCUT2D eigenvalue weighted by Crippen LogP contribution is 2.24. The summed E-state index contributed by atoms with van der Waals surface area (Å²) >= 11 is 0. The number of nitrogen functional groups attached to an aromatic ring is 1. The number of fused-ring (bicyclic) bond motifs is 1. The topological polar surface area (TPSA) is 127 Å². The molecule has 0 aliphatic heterocycles. The Morgan fingerprint density at radius 3 is 2.66 bits per heavy atom. The smallest absolute Gasteiger partial charge is 0.264 e. The Morgan fingerprint density at radius 2 is 1.93 bits per heavy atom. The average molecular weight is 412 g/mol. The molecule has 0 saturated heterocycles. The summed E-state index contributed by atoms with van der Waals surface area (Å²) in [6.07, 6.45) is 2.16. The van der Waals surface area contributed by atoms with Gasteiger partial charge in [-0.3, -0.25) is 9.82 Å². The van der Waals surface area contributed by atoms with Gasteiger partial charge in [-0.05, 0) is 36.2 Å². The maximum Gasteiger partial charge on any atom is 0.264 e. The van der Waals surface area contributed by atoms with Gasteiger partial charge < -0.3 is 5.73 Å². The minimum absolute atomic E-state index is 0.299. The van der Waals surface area contributed by atoms with Crippen LogP contribution in [0.25, 0.3) is 22.4 Å². The standard InChI is InChI=1S/C19H17FN6O2S/c1-2-11-3-8-14(20)16(9-11)29(27,28)26-13-6-4-12(5-7-13)15-10-22-17-18(21)24-25-19(17)23-15/h3-10,26H,2H2,1H3,(H3,21,23,24,25). The molecule has 4 rings (SSSR count). The van der Waals surface area contributed by atoms with Gasteiger partial charge in [0.15, 0.2) is 5.52 Å². The van der Waals surface area contributed by atoms with E-state index >= 15 is 0 Å². The molecule has 4 aromatic rings. The van der Waals surface area contributed by atoms with Crippen molar-refractivity contribution in [1.82, 2.24) is 20.2 Å². The molecule has 2 heterocycles. The monoisotopic (exact) mass is 412 g/mol. The first kappa shape index (κ1) is 18.8. The van der Waals surface area contributed by atoms with Crippen LogP contribution in [0.5, 0.6) is 0 Å². The highest BCUT2D eigenvalue weighted by molar-refractivity contribution is 7.92. The van der Waals surface area contributed by atoms with Gasteiger partial charge in [0, 0.05) is 11.3 Å². The number of hydrogen-bond donors (Lipinski definition) is 3. The molecule has 0 aliphatic rings. The van der Waals surface area contributed by atoms with Crippen LogP contribution >= 0.6 is 0 Å². The van der Waals surface area contributed by atoms with Crippen LogP contribution in [0.3, 0.4) is 0 Å². The van der Waals surface area contributed by atoms with Gasteiger partial charge in [-0.15, -0.1) is 0 Å². The number of aryl methyl sites for hydroxylation is 1. The molecule has 0 aliphatic carbocycles. The van der Waals surface area contributed by atoms with E-state index in [9.17, 15) is 12.8 Å². The molecule has 0 radical (unpaired) electrons. The lowest BCUT2D eigenvalue weighted by Gasteiger charge is -2.10. The number of benzene rings is 2. The number of hydrogen-bond acceptors (Lipinski definition) is 6. The molecule has 4 N–H and O–H groups in total. The van der Waals surface area contributed by atoms with Crippen LogP contribution in [0.15, 0.2) is 53.6 Å². The van der Waals surface area contributed by atoms with Crippen molar-refractivity contribution in [3.8, 4) is 11.3 Å². The van der Waals surface area contributed by atoms with Crippen molar-refractivity contribution in [1.29, 1.82) is 0 Å². The molecule has 29 heavy (non-hydrogen) atoms. The maximum atomic E-state index is 14.1. The third kappa shape index (κ3) is 3.61. The van der Waals surface area contributed by atoms with Crippen LogP contribution in [0.2, 0.25) is 0 Å². The molecule has 0 atom stereocenters. The highest BCUT2D eigenvalue weighted by Gasteiger charge is 2.20. The van der Waals surface area contributed by atoms with E-state index in [1.165, 1.54) is 6.07 Å². The first-order valence-electron chi connectivity index (χ1n) is 8.75. The van der Waals surface area contributed by atoms with Crippen molar-refractivity contribution in [3.63, 3.8) is 0 Å². The van der Waals surface area contributed by atoms with Gasteiger partial charge in [0.25, 0.3) is 10.0 Å². The van der Waals surface area contributed by atoms with Crippen LogP contribution in [0, 0.1) is 5.82 Å². The largest absolute Gasteiger partial charge is 0.382 e. The molecule has 8 nitrogen and oxygen atoms in total. The van der Waals surface area contributed by atoms with Gasteiger partial charge in [-0.25, -0.2) is 22.8 Å². The Bertz CT molecular complexity index is 1300. The Balaban J connectivity index is 1.60. The lowest BCUT2D eigenvalue weighted by atomic mass is 10.1. The average Bonchev–Trinajstić information content (AvgIpc) is 3.09. The van der Waals surface area contributed by atoms with Crippen molar-refractivity contribution < 1.29 is 12.8 Å². The zero-order valence-corrected chi connectivity index (χ0v) is 16.2. The molecule has 10 heteroatoms. The summed E-state index contributed by atoms with van der Waals surface area (Å²) in [7, 11) is -4.06. The summed E-state index contributed by atoms with van der Waals surface area (Å²) in [5.74, 6) is -0.462. The van der Waals surface area contributed by atoms with E-state index in [-0.39, 0.29) is 4.90 Å². The molecular weight excluding hydrogens is 395 g/mol. The molecular formula is C19H17FN6O2S. The molecule has 0 fully saturated rings. The van der Waals surface area contributed by atoms with Crippen LogP contribution < -0.4 is 10.5 Å². The number of nitrogens with zero attached hydrogens (tertiary/aromatic N) is 3. The number of anilines is 2. The maximum absolute atomic E-state index is 14.1. The van der Waals surface area contributed by atoms with Gasteiger partial charge in [-0.2, -0.15) is 5.10 Å². The van der Waals surface area contributed by atoms with Crippen LogP contribution in [-0.4, -0.2) is 28.6 Å². The van der Waals surface area contributed by atoms with E-state index in [0.717, 1.165) is 11.6 Å². The number of aromatic amines is 1. The summed E-state index contributed by atoms with van der Waals surface area (Å²) in [6.45, 7) is 1.87. The first-order valence-corrected chi connectivity index (χ1v) is 10.2. The lowest BCUT2D eigenvalue weighted by molar-refractivity contribution is 0.569. The van der Waals surface area contributed by atoms with Crippen molar-refractivity contribution in [2.24, 2.45) is 0 Å². The summed E-state index contributed by atoms with van der Waals surface area (Å²) in [5.41, 5.74) is 8.87. The quantitative estimate of drug-likeness (QED) is 0.462. The van der Waals surface area contributed by atoms with E-state index in [4.69, 9.17) is 5.73 Å². The van der Waals surface area contributed by atoms with Crippen molar-refractivity contribution in [3.05, 3.63) is 60.0 Å². The van der Waals surface area contributed by atoms with Gasteiger partial charge in [0.1, 0.15) is 16.5 Å². The predicted molar refractivity (Wildman–Crippen MR) is 108 cm³/mol. The molecule has 0 saturated carbocycles. The van der Waals surface area contributed by atoms with E-state index in [0.29, 0.717) is 40.3 Å². The number of rotatable bonds is 5. The highest BCUT2D eigenvalue weighted by atomic mass is 32.2. The van der Waals surface area contributed by atoms with E-state index in [2.05, 4.69) is 24.9 Å². The predicted octanol–water partition coefficient (Wildman–Crippen LogP) is 3.10. The van der Waals surface area contributed by atoms with Crippen LogP contribution in [0.4, 0.5) is 15.9 Å². The second-order valence-electron chi connectivity index (χ2n) is 6.37. The number of nitrogens with one attached hydrogen (secondary N) is 2. The Morgan fingerprint density at radius 1 is 1.17 bits per heavy atom. The van der Waals surface area contributed by atoms with Crippen molar-refractivity contribution in [2.45, 2.75) is 18.2 Å². The SMILES string of the molecule is CCc1ccc(F)c(S(=O)(=O)Nc2ccc(-c3cnc4c(N)[nH]nc4n3)cc2)c1. The van der Waals surface area contributed by atoms with Gasteiger partial charge in [-0.1, -0.05) is 25.1 Å². The fourth-order valence-electron chi connectivity index (χ4n) is 2.85. The van der Waals surface area contributed by atoms with Gasteiger partial charge >= 0.3 is 0 Å². The molecule has 148 valence electrons. The fourth-order valence-corrected chi connectivity index (χ4v) is 4.03. The number of aromatic nitrogens is 4. The third-order valence-corrected chi connectivity index (χ3v) is 5.81. The third-order valence-electron chi connectivity index (χ3n) is 4.42. The zero-order valence-electron chi connectivity index (χ0n) is 15.3. The molecule has 2 aromatic carbocycles. The Hall–Kier alpha value is -3.53. The molecule has 0 unspecified atom stereocenters. The van der Waals surface area contributed by atoms with Gasteiger partial charge in [0.2, 0.25) is 5.65 Å². The minimum Gasteiger partial charge on any atom is -0.382 e. The van der Waals surface area contributed by atoms with E-state index < -0.39 is 15.8 Å². The number of halogens is 1. The van der Waals surface area contributed by atoms with Crippen LogP contribution in [0.1, 0.15) is 12.5 Å². The molecule has 0 amide bonds.